The first-order chi connectivity index (χ1) is 15.2. The number of nitrogens with one attached hydrogen (secondary N) is 1. The largest absolute Gasteiger partial charge is 0.425 e. The molecule has 3 atom stereocenters. The third kappa shape index (κ3) is 3.21. The Morgan fingerprint density at radius 2 is 1.68 bits per heavy atom. The molecular formula is C26H24N2O3. The molecule has 0 radical (unpaired) electrons. The van der Waals surface area contributed by atoms with Crippen LogP contribution in [0.25, 0.3) is 0 Å². The third-order valence-corrected chi connectivity index (χ3v) is 6.60. The van der Waals surface area contributed by atoms with Crippen molar-refractivity contribution in [1.29, 1.82) is 0 Å². The van der Waals surface area contributed by atoms with Crippen molar-refractivity contribution < 1.29 is 14.3 Å². The van der Waals surface area contributed by atoms with Crippen molar-refractivity contribution in [3.63, 3.8) is 0 Å². The lowest BCUT2D eigenvalue weighted by molar-refractivity contribution is -0.139. The average Bonchev–Trinajstić information content (AvgIpc) is 3.13. The molecule has 2 aromatic carbocycles. The Morgan fingerprint density at radius 1 is 0.935 bits per heavy atom. The molecule has 2 heterocycles. The predicted molar refractivity (Wildman–Crippen MR) is 117 cm³/mol. The van der Waals surface area contributed by atoms with Gasteiger partial charge in [-0.15, -0.1) is 0 Å². The highest BCUT2D eigenvalue weighted by atomic mass is 16.5. The molecule has 1 N–H and O–H groups in total. The van der Waals surface area contributed by atoms with E-state index in [1.54, 1.807) is 24.4 Å². The Hall–Kier alpha value is -3.47. The maximum Gasteiger partial charge on any atom is 0.327 e. The number of amides is 1. The molecule has 1 fully saturated rings. The number of esters is 1. The zero-order valence-corrected chi connectivity index (χ0v) is 17.2. The number of pyridine rings is 1. The molecule has 1 amide bonds. The van der Waals surface area contributed by atoms with Gasteiger partial charge < -0.3 is 10.1 Å². The van der Waals surface area contributed by atoms with Crippen LogP contribution >= 0.6 is 0 Å². The molecule has 0 spiro atoms. The van der Waals surface area contributed by atoms with Gasteiger partial charge in [0.15, 0.2) is 0 Å². The molecule has 156 valence electrons. The zero-order chi connectivity index (χ0) is 21.3. The Kier molecular flexibility index (Phi) is 5.02. The number of aromatic nitrogens is 1. The summed E-state index contributed by atoms with van der Waals surface area (Å²) < 4.78 is 5.80. The number of hydrogen-bond acceptors (Lipinski definition) is 4. The highest BCUT2D eigenvalue weighted by Gasteiger charge is 2.58. The van der Waals surface area contributed by atoms with E-state index >= 15 is 0 Å². The number of carbonyl (C=O) groups excluding carboxylic acids is 2. The van der Waals surface area contributed by atoms with Gasteiger partial charge in [-0.1, -0.05) is 67.4 Å². The topological polar surface area (TPSA) is 68.3 Å². The van der Waals surface area contributed by atoms with Crippen molar-refractivity contribution in [3.8, 4) is 5.75 Å². The summed E-state index contributed by atoms with van der Waals surface area (Å²) >= 11 is 0. The third-order valence-electron chi connectivity index (χ3n) is 6.60. The predicted octanol–water partition coefficient (Wildman–Crippen LogP) is 4.28. The minimum absolute atomic E-state index is 0.118. The molecular weight excluding hydrogens is 388 g/mol. The standard InChI is InChI=1S/C26H24N2O3/c29-24(22-15-8-9-17-27-22)28-21-14-6-4-12-19(21)26(18-10-2-1-3-11-18)20-13-5-7-16-23(20)31-25(26)30/h1-3,5,7-11,13,15-17,19,21H,4,6,12,14H2,(H,28,29)/t19-,21-,26+/m0/s1. The van der Waals surface area contributed by atoms with Crippen molar-refractivity contribution >= 4 is 11.9 Å². The summed E-state index contributed by atoms with van der Waals surface area (Å²) in [6, 6.07) is 22.6. The monoisotopic (exact) mass is 412 g/mol. The van der Waals surface area contributed by atoms with Gasteiger partial charge in [0.2, 0.25) is 0 Å². The highest BCUT2D eigenvalue weighted by Crippen LogP contribution is 2.53. The van der Waals surface area contributed by atoms with Crippen molar-refractivity contribution in [1.82, 2.24) is 10.3 Å². The lowest BCUT2D eigenvalue weighted by Crippen LogP contribution is -2.54. The van der Waals surface area contributed by atoms with E-state index in [9.17, 15) is 9.59 Å². The smallest absolute Gasteiger partial charge is 0.327 e. The van der Waals surface area contributed by atoms with E-state index in [4.69, 9.17) is 4.74 Å². The van der Waals surface area contributed by atoms with E-state index in [0.717, 1.165) is 36.8 Å². The number of fused-ring (bicyclic) bond motifs is 1. The van der Waals surface area contributed by atoms with Gasteiger partial charge in [-0.05, 0) is 36.6 Å². The molecule has 2 aliphatic rings. The summed E-state index contributed by atoms with van der Waals surface area (Å²) in [4.78, 5) is 30.7. The number of rotatable bonds is 4. The van der Waals surface area contributed by atoms with E-state index in [1.165, 1.54) is 0 Å². The van der Waals surface area contributed by atoms with Crippen LogP contribution in [0, 0.1) is 5.92 Å². The van der Waals surface area contributed by atoms with E-state index < -0.39 is 5.41 Å². The second kappa shape index (κ2) is 7.99. The Bertz CT molecular complexity index is 1100. The molecule has 5 nitrogen and oxygen atoms in total. The van der Waals surface area contributed by atoms with Gasteiger partial charge in [0.25, 0.3) is 5.91 Å². The van der Waals surface area contributed by atoms with Gasteiger partial charge in [0.1, 0.15) is 16.9 Å². The van der Waals surface area contributed by atoms with Gasteiger partial charge >= 0.3 is 5.97 Å². The SMILES string of the molecule is O=C(N[C@H]1CCCC[C@@H]1[C@@]1(c2ccccc2)C(=O)Oc2ccccc21)c1ccccn1. The molecule has 1 saturated carbocycles. The van der Waals surface area contributed by atoms with Crippen LogP contribution in [-0.2, 0) is 10.2 Å². The van der Waals surface area contributed by atoms with Crippen LogP contribution in [0.5, 0.6) is 5.75 Å². The Balaban J connectivity index is 1.60. The van der Waals surface area contributed by atoms with Crippen LogP contribution in [0.4, 0.5) is 0 Å². The van der Waals surface area contributed by atoms with E-state index in [0.29, 0.717) is 11.4 Å². The molecule has 0 saturated heterocycles. The number of ether oxygens (including phenoxy) is 1. The molecule has 1 aliphatic heterocycles. The van der Waals surface area contributed by atoms with Crippen molar-refractivity contribution in [3.05, 3.63) is 95.8 Å². The van der Waals surface area contributed by atoms with Crippen molar-refractivity contribution in [2.24, 2.45) is 5.92 Å². The molecule has 0 bridgehead atoms. The van der Waals surface area contributed by atoms with Gasteiger partial charge in [0, 0.05) is 23.7 Å². The fourth-order valence-corrected chi connectivity index (χ4v) is 5.27. The first-order valence-electron chi connectivity index (χ1n) is 10.8. The van der Waals surface area contributed by atoms with Gasteiger partial charge in [-0.3, -0.25) is 14.6 Å². The summed E-state index contributed by atoms with van der Waals surface area (Å²) in [5.74, 6) is 0.0217. The fraction of sp³-hybridized carbons (Fsp3) is 0.269. The maximum absolute atomic E-state index is 13.6. The Morgan fingerprint density at radius 3 is 2.48 bits per heavy atom. The summed E-state index contributed by atoms with van der Waals surface area (Å²) in [7, 11) is 0. The first-order valence-corrected chi connectivity index (χ1v) is 10.8. The molecule has 1 aliphatic carbocycles. The summed E-state index contributed by atoms with van der Waals surface area (Å²) in [5.41, 5.74) is 1.24. The first kappa shape index (κ1) is 19.5. The van der Waals surface area contributed by atoms with Crippen LogP contribution < -0.4 is 10.1 Å². The van der Waals surface area contributed by atoms with Crippen LogP contribution in [0.1, 0.15) is 47.3 Å². The second-order valence-corrected chi connectivity index (χ2v) is 8.25. The zero-order valence-electron chi connectivity index (χ0n) is 17.2. The van der Waals surface area contributed by atoms with Crippen LogP contribution in [0.15, 0.2) is 79.0 Å². The molecule has 5 rings (SSSR count). The van der Waals surface area contributed by atoms with Crippen molar-refractivity contribution in [2.45, 2.75) is 37.1 Å². The average molecular weight is 412 g/mol. The van der Waals surface area contributed by atoms with Gasteiger partial charge in [-0.25, -0.2) is 0 Å². The normalized spacial score (nSPS) is 24.8. The fourth-order valence-electron chi connectivity index (χ4n) is 5.27. The second-order valence-electron chi connectivity index (χ2n) is 8.25. The van der Waals surface area contributed by atoms with E-state index in [2.05, 4.69) is 10.3 Å². The van der Waals surface area contributed by atoms with Crippen LogP contribution in [-0.4, -0.2) is 22.9 Å². The highest BCUT2D eigenvalue weighted by molar-refractivity contribution is 5.96. The molecule has 31 heavy (non-hydrogen) atoms. The quantitative estimate of drug-likeness (QED) is 0.513. The molecule has 1 aromatic heterocycles. The summed E-state index contributed by atoms with van der Waals surface area (Å²) in [6.07, 6.45) is 5.26. The minimum atomic E-state index is -0.944. The molecule has 0 unspecified atom stereocenters. The number of hydrogen-bond donors (Lipinski definition) is 1. The Labute approximate surface area is 181 Å². The van der Waals surface area contributed by atoms with Crippen LogP contribution in [0.2, 0.25) is 0 Å². The molecule has 5 heteroatoms. The number of carbonyl (C=O) groups is 2. The summed E-state index contributed by atoms with van der Waals surface area (Å²) in [6.45, 7) is 0. The minimum Gasteiger partial charge on any atom is -0.425 e. The van der Waals surface area contributed by atoms with E-state index in [-0.39, 0.29) is 23.8 Å². The van der Waals surface area contributed by atoms with Gasteiger partial charge in [-0.2, -0.15) is 0 Å². The summed E-state index contributed by atoms with van der Waals surface area (Å²) in [5, 5.41) is 3.20. The molecule has 3 aromatic rings. The number of benzene rings is 2. The lowest BCUT2D eigenvalue weighted by atomic mass is 9.60. The van der Waals surface area contributed by atoms with Crippen molar-refractivity contribution in [2.75, 3.05) is 0 Å². The number of para-hydroxylation sites is 1. The van der Waals surface area contributed by atoms with Gasteiger partial charge in [0.05, 0.1) is 0 Å². The van der Waals surface area contributed by atoms with E-state index in [1.807, 2.05) is 54.6 Å². The maximum atomic E-state index is 13.6. The lowest BCUT2D eigenvalue weighted by Gasteiger charge is -2.43. The number of nitrogens with zero attached hydrogens (tertiary/aromatic N) is 1. The van der Waals surface area contributed by atoms with Crippen LogP contribution in [0.3, 0.4) is 0 Å².